The fourth-order valence-corrected chi connectivity index (χ4v) is 2.55. The van der Waals surface area contributed by atoms with E-state index >= 15 is 0 Å². The highest BCUT2D eigenvalue weighted by molar-refractivity contribution is 7.51. The molecule has 0 spiro atoms. The van der Waals surface area contributed by atoms with Crippen molar-refractivity contribution >= 4 is 30.7 Å². The SMILES string of the molecule is CCCCOC(=O)Nc1ncnc2c1ncn2C[C@@H](C)OCP(=O)(O)O. The van der Waals surface area contributed by atoms with E-state index in [9.17, 15) is 9.36 Å². The van der Waals surface area contributed by atoms with Crippen molar-refractivity contribution in [2.24, 2.45) is 0 Å². The topological polar surface area (TPSA) is 149 Å². The molecule has 0 saturated carbocycles. The van der Waals surface area contributed by atoms with Crippen molar-refractivity contribution in [3.63, 3.8) is 0 Å². The third-order valence-corrected chi connectivity index (χ3v) is 3.82. The van der Waals surface area contributed by atoms with Gasteiger partial charge in [0.25, 0.3) is 0 Å². The second-order valence-electron chi connectivity index (χ2n) is 5.68. The zero-order valence-electron chi connectivity index (χ0n) is 14.5. The zero-order valence-corrected chi connectivity index (χ0v) is 15.4. The highest BCUT2D eigenvalue weighted by atomic mass is 31.2. The van der Waals surface area contributed by atoms with Crippen LogP contribution in [0, 0.1) is 0 Å². The molecule has 2 aromatic heterocycles. The first kappa shape index (κ1) is 20.2. The number of nitrogens with one attached hydrogen (secondary N) is 1. The third-order valence-electron chi connectivity index (χ3n) is 3.33. The molecule has 144 valence electrons. The van der Waals surface area contributed by atoms with Crippen LogP contribution in [-0.2, 0) is 20.6 Å². The zero-order chi connectivity index (χ0) is 19.2. The minimum atomic E-state index is -4.23. The van der Waals surface area contributed by atoms with E-state index in [0.717, 1.165) is 12.8 Å². The highest BCUT2D eigenvalue weighted by Crippen LogP contribution is 2.34. The van der Waals surface area contributed by atoms with Crippen LogP contribution < -0.4 is 5.32 Å². The number of unbranched alkanes of at least 4 members (excludes halogenated alkanes) is 1. The fraction of sp³-hybridized carbons (Fsp3) is 0.571. The van der Waals surface area contributed by atoms with Gasteiger partial charge in [-0.05, 0) is 13.3 Å². The summed E-state index contributed by atoms with van der Waals surface area (Å²) in [7, 11) is -4.23. The molecule has 26 heavy (non-hydrogen) atoms. The number of imidazole rings is 1. The molecule has 3 N–H and O–H groups in total. The van der Waals surface area contributed by atoms with Gasteiger partial charge in [-0.3, -0.25) is 9.88 Å². The molecule has 2 heterocycles. The first-order valence-electron chi connectivity index (χ1n) is 8.06. The Balaban J connectivity index is 2.05. The summed E-state index contributed by atoms with van der Waals surface area (Å²) >= 11 is 0. The van der Waals surface area contributed by atoms with E-state index in [1.165, 1.54) is 12.7 Å². The predicted molar refractivity (Wildman–Crippen MR) is 92.7 cm³/mol. The van der Waals surface area contributed by atoms with Gasteiger partial charge in [-0.25, -0.2) is 19.7 Å². The van der Waals surface area contributed by atoms with E-state index in [0.29, 0.717) is 17.8 Å². The maximum absolute atomic E-state index is 11.8. The maximum Gasteiger partial charge on any atom is 0.412 e. The van der Waals surface area contributed by atoms with Gasteiger partial charge < -0.3 is 23.8 Å². The normalized spacial score (nSPS) is 12.9. The third kappa shape index (κ3) is 6.03. The lowest BCUT2D eigenvalue weighted by molar-refractivity contribution is 0.0764. The molecule has 0 bridgehead atoms. The van der Waals surface area contributed by atoms with E-state index in [-0.39, 0.29) is 12.4 Å². The lowest BCUT2D eigenvalue weighted by Gasteiger charge is -2.14. The van der Waals surface area contributed by atoms with Gasteiger partial charge in [0, 0.05) is 0 Å². The Labute approximate surface area is 149 Å². The maximum atomic E-state index is 11.8. The number of rotatable bonds is 9. The van der Waals surface area contributed by atoms with Gasteiger partial charge in [0.1, 0.15) is 12.7 Å². The van der Waals surface area contributed by atoms with Gasteiger partial charge in [-0.1, -0.05) is 13.3 Å². The van der Waals surface area contributed by atoms with E-state index in [2.05, 4.69) is 20.3 Å². The summed E-state index contributed by atoms with van der Waals surface area (Å²) in [6, 6.07) is 0. The summed E-state index contributed by atoms with van der Waals surface area (Å²) in [5.74, 6) is 0.221. The molecule has 0 aliphatic heterocycles. The lowest BCUT2D eigenvalue weighted by Crippen LogP contribution is -2.17. The van der Waals surface area contributed by atoms with Crippen LogP contribution in [0.3, 0.4) is 0 Å². The van der Waals surface area contributed by atoms with Crippen molar-refractivity contribution in [1.82, 2.24) is 19.5 Å². The molecule has 2 rings (SSSR count). The van der Waals surface area contributed by atoms with Gasteiger partial charge in [-0.15, -0.1) is 0 Å². The fourth-order valence-electron chi connectivity index (χ4n) is 2.10. The first-order chi connectivity index (χ1) is 12.3. The number of fused-ring (bicyclic) bond motifs is 1. The molecule has 0 saturated heterocycles. The molecule has 0 unspecified atom stereocenters. The van der Waals surface area contributed by atoms with Crippen molar-refractivity contribution in [1.29, 1.82) is 0 Å². The van der Waals surface area contributed by atoms with Crippen molar-refractivity contribution in [2.75, 3.05) is 18.3 Å². The van der Waals surface area contributed by atoms with Gasteiger partial charge in [-0.2, -0.15) is 0 Å². The molecular formula is C14H22N5O6P. The second kappa shape index (κ2) is 9.04. The largest absolute Gasteiger partial charge is 0.449 e. The van der Waals surface area contributed by atoms with Crippen LogP contribution in [0.1, 0.15) is 26.7 Å². The second-order valence-corrected chi connectivity index (χ2v) is 7.26. The van der Waals surface area contributed by atoms with E-state index in [4.69, 9.17) is 19.3 Å². The highest BCUT2D eigenvalue weighted by Gasteiger charge is 2.18. The Morgan fingerprint density at radius 2 is 2.15 bits per heavy atom. The summed E-state index contributed by atoms with van der Waals surface area (Å²) in [4.78, 5) is 41.8. The van der Waals surface area contributed by atoms with E-state index in [1.54, 1.807) is 11.5 Å². The van der Waals surface area contributed by atoms with Crippen LogP contribution in [0.15, 0.2) is 12.7 Å². The monoisotopic (exact) mass is 387 g/mol. The molecule has 0 aliphatic carbocycles. The van der Waals surface area contributed by atoms with Crippen molar-refractivity contribution in [3.05, 3.63) is 12.7 Å². The minimum Gasteiger partial charge on any atom is -0.449 e. The molecule has 0 aliphatic rings. The van der Waals surface area contributed by atoms with Gasteiger partial charge in [0.05, 0.1) is 25.6 Å². The Kier molecular flexibility index (Phi) is 7.04. The Hall–Kier alpha value is -2.07. The number of hydrogen-bond donors (Lipinski definition) is 3. The minimum absolute atomic E-state index is 0.221. The number of nitrogens with zero attached hydrogens (tertiary/aromatic N) is 4. The Morgan fingerprint density at radius 1 is 1.38 bits per heavy atom. The molecule has 1 amide bonds. The van der Waals surface area contributed by atoms with Crippen LogP contribution in [0.2, 0.25) is 0 Å². The number of carbonyl (C=O) groups excluding carboxylic acids is 1. The van der Waals surface area contributed by atoms with Crippen molar-refractivity contribution in [3.8, 4) is 0 Å². The summed E-state index contributed by atoms with van der Waals surface area (Å²) in [5.41, 5.74) is 0.831. The molecule has 0 aromatic carbocycles. The first-order valence-corrected chi connectivity index (χ1v) is 9.85. The van der Waals surface area contributed by atoms with Gasteiger partial charge >= 0.3 is 13.7 Å². The summed E-state index contributed by atoms with van der Waals surface area (Å²) in [6.07, 6.45) is 2.70. The molecule has 11 nitrogen and oxygen atoms in total. The van der Waals surface area contributed by atoms with E-state index in [1.807, 2.05) is 6.92 Å². The van der Waals surface area contributed by atoms with Crippen molar-refractivity contribution in [2.45, 2.75) is 39.3 Å². The predicted octanol–water partition coefficient (Wildman–Crippen LogP) is 1.72. The standard InChI is InChI=1S/C14H22N5O6P/c1-3-4-5-24-14(20)18-12-11-13(16-7-15-12)19(8-17-11)6-10(2)25-9-26(21,22)23/h7-8,10H,3-6,9H2,1-2H3,(H2,21,22,23)(H,15,16,18,20)/t10-/m1/s1. The van der Waals surface area contributed by atoms with Crippen LogP contribution in [-0.4, -0.2) is 54.5 Å². The summed E-state index contributed by atoms with van der Waals surface area (Å²) in [6.45, 7) is 4.26. The molecule has 0 fully saturated rings. The smallest absolute Gasteiger partial charge is 0.412 e. The van der Waals surface area contributed by atoms with Crippen LogP contribution in [0.4, 0.5) is 10.6 Å². The lowest BCUT2D eigenvalue weighted by atomic mass is 10.4. The van der Waals surface area contributed by atoms with Gasteiger partial charge in [0.2, 0.25) is 0 Å². The van der Waals surface area contributed by atoms with Crippen molar-refractivity contribution < 1.29 is 28.6 Å². The van der Waals surface area contributed by atoms with E-state index < -0.39 is 26.1 Å². The molecule has 2 aromatic rings. The Morgan fingerprint density at radius 3 is 2.85 bits per heavy atom. The van der Waals surface area contributed by atoms with Crippen LogP contribution >= 0.6 is 7.60 Å². The number of anilines is 1. The summed E-state index contributed by atoms with van der Waals surface area (Å²) in [5, 5.41) is 2.53. The number of ether oxygens (including phenoxy) is 2. The van der Waals surface area contributed by atoms with Crippen LogP contribution in [0.25, 0.3) is 11.2 Å². The molecule has 1 atom stereocenters. The quantitative estimate of drug-likeness (QED) is 0.432. The molecule has 0 radical (unpaired) electrons. The molecular weight excluding hydrogens is 365 g/mol. The van der Waals surface area contributed by atoms with Crippen LogP contribution in [0.5, 0.6) is 0 Å². The average molecular weight is 387 g/mol. The Bertz CT molecular complexity index is 791. The number of amides is 1. The summed E-state index contributed by atoms with van der Waals surface area (Å²) < 4.78 is 22.7. The van der Waals surface area contributed by atoms with Gasteiger partial charge in [0.15, 0.2) is 17.0 Å². The molecule has 12 heteroatoms. The number of carbonyl (C=O) groups is 1. The average Bonchev–Trinajstić information content (AvgIpc) is 2.97. The number of hydrogen-bond acceptors (Lipinski definition) is 7. The number of aromatic nitrogens is 4.